The molecule has 1 fully saturated rings. The van der Waals surface area contributed by atoms with E-state index in [-0.39, 0.29) is 36.3 Å². The molecule has 1 amide bonds. The van der Waals surface area contributed by atoms with Gasteiger partial charge in [0.2, 0.25) is 5.91 Å². The summed E-state index contributed by atoms with van der Waals surface area (Å²) in [6.07, 6.45) is 0.735. The van der Waals surface area contributed by atoms with Crippen molar-refractivity contribution >= 4 is 18.3 Å². The molecule has 1 saturated heterocycles. The minimum atomic E-state index is -0.934. The number of carbonyl (C=O) groups excluding carboxylic acids is 1. The number of halogens is 3. The highest BCUT2D eigenvalue weighted by Crippen LogP contribution is 2.13. The Bertz CT molecular complexity index is 470. The van der Waals surface area contributed by atoms with Crippen LogP contribution < -0.4 is 10.6 Å². The van der Waals surface area contributed by atoms with E-state index in [1.54, 1.807) is 0 Å². The van der Waals surface area contributed by atoms with E-state index < -0.39 is 11.6 Å². The fourth-order valence-corrected chi connectivity index (χ4v) is 2.34. The molecule has 0 bridgehead atoms. The second kappa shape index (κ2) is 7.55. The molecule has 112 valence electrons. The molecule has 0 aliphatic carbocycles. The van der Waals surface area contributed by atoms with Crippen LogP contribution in [0.5, 0.6) is 0 Å². The molecule has 2 atom stereocenters. The maximum atomic E-state index is 13.5. The summed E-state index contributed by atoms with van der Waals surface area (Å²) in [6, 6.07) is 3.99. The van der Waals surface area contributed by atoms with E-state index in [1.807, 2.05) is 0 Å². The maximum Gasteiger partial charge on any atom is 0.224 e. The first kappa shape index (κ1) is 16.9. The Balaban J connectivity index is 0.00000200. The topological polar surface area (TPSA) is 41.1 Å². The SMILES string of the molecule is CC1CNCCC1NC(=O)Cc1cccc(F)c1F.Cl. The van der Waals surface area contributed by atoms with Gasteiger partial charge in [-0.05, 0) is 31.5 Å². The van der Waals surface area contributed by atoms with Gasteiger partial charge in [0.1, 0.15) is 0 Å². The first-order valence-electron chi connectivity index (χ1n) is 6.51. The molecule has 6 heteroatoms. The Labute approximate surface area is 123 Å². The third-order valence-corrected chi connectivity index (χ3v) is 3.51. The van der Waals surface area contributed by atoms with Crippen LogP contribution in [0.15, 0.2) is 18.2 Å². The van der Waals surface area contributed by atoms with Crippen LogP contribution in [0.4, 0.5) is 8.78 Å². The number of piperidine rings is 1. The number of carbonyl (C=O) groups is 1. The van der Waals surface area contributed by atoms with Gasteiger partial charge in [0.25, 0.3) is 0 Å². The van der Waals surface area contributed by atoms with Crippen LogP contribution in [0, 0.1) is 17.6 Å². The van der Waals surface area contributed by atoms with E-state index in [9.17, 15) is 13.6 Å². The quantitative estimate of drug-likeness (QED) is 0.897. The highest BCUT2D eigenvalue weighted by Gasteiger charge is 2.23. The molecule has 0 radical (unpaired) electrons. The summed E-state index contributed by atoms with van der Waals surface area (Å²) in [4.78, 5) is 11.9. The van der Waals surface area contributed by atoms with Crippen molar-refractivity contribution in [1.29, 1.82) is 0 Å². The fourth-order valence-electron chi connectivity index (χ4n) is 2.34. The average Bonchev–Trinajstić information content (AvgIpc) is 2.38. The number of nitrogens with one attached hydrogen (secondary N) is 2. The maximum absolute atomic E-state index is 13.5. The number of hydrogen-bond acceptors (Lipinski definition) is 2. The van der Waals surface area contributed by atoms with E-state index in [2.05, 4.69) is 17.6 Å². The van der Waals surface area contributed by atoms with Crippen LogP contribution in [-0.2, 0) is 11.2 Å². The van der Waals surface area contributed by atoms with Crippen molar-refractivity contribution in [3.05, 3.63) is 35.4 Å². The fraction of sp³-hybridized carbons (Fsp3) is 0.500. The second-order valence-corrected chi connectivity index (χ2v) is 5.03. The monoisotopic (exact) mass is 304 g/mol. The minimum Gasteiger partial charge on any atom is -0.353 e. The third kappa shape index (κ3) is 4.15. The lowest BCUT2D eigenvalue weighted by Gasteiger charge is -2.30. The first-order chi connectivity index (χ1) is 9.08. The normalized spacial score (nSPS) is 21.9. The zero-order chi connectivity index (χ0) is 13.8. The summed E-state index contributed by atoms with van der Waals surface area (Å²) in [6.45, 7) is 3.78. The predicted octanol–water partition coefficient (Wildman–Crippen LogP) is 2.04. The molecule has 1 aromatic rings. The largest absolute Gasteiger partial charge is 0.353 e. The van der Waals surface area contributed by atoms with Gasteiger partial charge in [-0.3, -0.25) is 4.79 Å². The Kier molecular flexibility index (Phi) is 6.36. The molecule has 3 nitrogen and oxygen atoms in total. The number of benzene rings is 1. The zero-order valence-corrected chi connectivity index (χ0v) is 12.1. The molecule has 2 N–H and O–H groups in total. The number of amides is 1. The smallest absolute Gasteiger partial charge is 0.224 e. The third-order valence-electron chi connectivity index (χ3n) is 3.51. The van der Waals surface area contributed by atoms with Gasteiger partial charge in [-0.25, -0.2) is 8.78 Å². The first-order valence-corrected chi connectivity index (χ1v) is 6.51. The summed E-state index contributed by atoms with van der Waals surface area (Å²) in [5.74, 6) is -1.77. The summed E-state index contributed by atoms with van der Waals surface area (Å²) in [5, 5.41) is 6.14. The van der Waals surface area contributed by atoms with E-state index in [0.29, 0.717) is 5.92 Å². The zero-order valence-electron chi connectivity index (χ0n) is 11.3. The van der Waals surface area contributed by atoms with E-state index in [0.717, 1.165) is 25.6 Å². The lowest BCUT2D eigenvalue weighted by atomic mass is 9.95. The number of hydrogen-bond donors (Lipinski definition) is 2. The van der Waals surface area contributed by atoms with Crippen LogP contribution in [0.25, 0.3) is 0 Å². The standard InChI is InChI=1S/C14H18F2N2O.ClH/c1-9-8-17-6-5-12(9)18-13(19)7-10-3-2-4-11(15)14(10)16;/h2-4,9,12,17H,5-8H2,1H3,(H,18,19);1H. The highest BCUT2D eigenvalue weighted by atomic mass is 35.5. The van der Waals surface area contributed by atoms with Crippen LogP contribution >= 0.6 is 12.4 Å². The lowest BCUT2D eigenvalue weighted by molar-refractivity contribution is -0.121. The molecule has 20 heavy (non-hydrogen) atoms. The van der Waals surface area contributed by atoms with Crippen molar-refractivity contribution in [3.63, 3.8) is 0 Å². The van der Waals surface area contributed by atoms with Crippen molar-refractivity contribution in [3.8, 4) is 0 Å². The van der Waals surface area contributed by atoms with Crippen molar-refractivity contribution in [1.82, 2.24) is 10.6 Å². The molecule has 1 aliphatic rings. The summed E-state index contributed by atoms with van der Waals surface area (Å²) >= 11 is 0. The Morgan fingerprint density at radius 3 is 2.90 bits per heavy atom. The van der Waals surface area contributed by atoms with E-state index in [1.165, 1.54) is 12.1 Å². The minimum absolute atomic E-state index is 0. The van der Waals surface area contributed by atoms with E-state index in [4.69, 9.17) is 0 Å². The van der Waals surface area contributed by atoms with Gasteiger partial charge in [-0.15, -0.1) is 12.4 Å². The van der Waals surface area contributed by atoms with Crippen molar-refractivity contribution in [2.45, 2.75) is 25.8 Å². The van der Waals surface area contributed by atoms with Crippen LogP contribution in [-0.4, -0.2) is 25.0 Å². The number of rotatable bonds is 3. The molecule has 1 heterocycles. The van der Waals surface area contributed by atoms with Gasteiger partial charge in [-0.2, -0.15) is 0 Å². The average molecular weight is 305 g/mol. The van der Waals surface area contributed by atoms with Crippen molar-refractivity contribution < 1.29 is 13.6 Å². The summed E-state index contributed by atoms with van der Waals surface area (Å²) < 4.78 is 26.5. The van der Waals surface area contributed by atoms with Gasteiger partial charge < -0.3 is 10.6 Å². The molecule has 0 saturated carbocycles. The van der Waals surface area contributed by atoms with Crippen LogP contribution in [0.1, 0.15) is 18.9 Å². The van der Waals surface area contributed by atoms with Crippen LogP contribution in [0.3, 0.4) is 0 Å². The van der Waals surface area contributed by atoms with Crippen molar-refractivity contribution in [2.75, 3.05) is 13.1 Å². The second-order valence-electron chi connectivity index (χ2n) is 5.03. The molecule has 0 aromatic heterocycles. The molecule has 0 spiro atoms. The Morgan fingerprint density at radius 1 is 1.45 bits per heavy atom. The summed E-state index contributed by atoms with van der Waals surface area (Å²) in [5.41, 5.74) is 0.0964. The van der Waals surface area contributed by atoms with Gasteiger partial charge in [0, 0.05) is 11.6 Å². The van der Waals surface area contributed by atoms with Gasteiger partial charge in [0.05, 0.1) is 6.42 Å². The van der Waals surface area contributed by atoms with Crippen LogP contribution in [0.2, 0.25) is 0 Å². The predicted molar refractivity (Wildman–Crippen MR) is 75.9 cm³/mol. The molecule has 1 aliphatic heterocycles. The molecule has 2 rings (SSSR count). The van der Waals surface area contributed by atoms with Crippen molar-refractivity contribution in [2.24, 2.45) is 5.92 Å². The Morgan fingerprint density at radius 2 is 2.20 bits per heavy atom. The lowest BCUT2D eigenvalue weighted by Crippen LogP contribution is -2.48. The molecule has 2 unspecified atom stereocenters. The molecular weight excluding hydrogens is 286 g/mol. The Hall–Kier alpha value is -1.20. The highest BCUT2D eigenvalue weighted by molar-refractivity contribution is 5.85. The van der Waals surface area contributed by atoms with Gasteiger partial charge >= 0.3 is 0 Å². The summed E-state index contributed by atoms with van der Waals surface area (Å²) in [7, 11) is 0. The van der Waals surface area contributed by atoms with Gasteiger partial charge in [-0.1, -0.05) is 19.1 Å². The van der Waals surface area contributed by atoms with Gasteiger partial charge in [0.15, 0.2) is 11.6 Å². The molecular formula is C14H19ClF2N2O. The van der Waals surface area contributed by atoms with E-state index >= 15 is 0 Å². The molecule has 1 aromatic carbocycles.